The molecule has 6 nitrogen and oxygen atoms in total. The zero-order valence-electron chi connectivity index (χ0n) is 8.87. The van der Waals surface area contributed by atoms with Gasteiger partial charge in [-0.05, 0) is 23.2 Å². The lowest BCUT2D eigenvalue weighted by molar-refractivity contribution is 1.17. The van der Waals surface area contributed by atoms with Gasteiger partial charge in [0.05, 0.1) is 17.2 Å². The summed E-state index contributed by atoms with van der Waals surface area (Å²) in [4.78, 5) is 20.7. The van der Waals surface area contributed by atoms with E-state index in [1.165, 1.54) is 6.33 Å². The first-order valence-electron chi connectivity index (χ1n) is 4.96. The number of nitrogens with one attached hydrogen (secondary N) is 1. The zero-order valence-corrected chi connectivity index (χ0v) is 8.87. The summed E-state index contributed by atoms with van der Waals surface area (Å²) in [5, 5.41) is 3.92. The molecule has 0 spiro atoms. The Bertz CT molecular complexity index is 667. The van der Waals surface area contributed by atoms with Gasteiger partial charge in [0.1, 0.15) is 0 Å². The first kappa shape index (κ1) is 10.9. The fraction of sp³-hybridized carbons (Fsp3) is 0.0909. The Hall–Kier alpha value is -2.59. The van der Waals surface area contributed by atoms with E-state index in [9.17, 15) is 4.79 Å². The second-order valence-electron chi connectivity index (χ2n) is 3.32. The van der Waals surface area contributed by atoms with Crippen molar-refractivity contribution >= 4 is 17.0 Å². The van der Waals surface area contributed by atoms with Crippen LogP contribution in [-0.4, -0.2) is 16.5 Å². The van der Waals surface area contributed by atoms with Crippen LogP contribution >= 0.6 is 0 Å². The summed E-state index contributed by atoms with van der Waals surface area (Å²) in [6, 6.07) is 5.37. The Kier molecular flexibility index (Phi) is 3.18. The highest BCUT2D eigenvalue weighted by Gasteiger charge is 1.98. The monoisotopic (exact) mass is 227 g/mol. The van der Waals surface area contributed by atoms with Crippen molar-refractivity contribution in [2.45, 2.75) is 0 Å². The fourth-order valence-corrected chi connectivity index (χ4v) is 1.46. The number of fused-ring (bicyclic) bond motifs is 1. The average molecular weight is 227 g/mol. The normalized spacial score (nSPS) is 10.6. The van der Waals surface area contributed by atoms with Gasteiger partial charge >= 0.3 is 0 Å². The van der Waals surface area contributed by atoms with Crippen LogP contribution in [0.1, 0.15) is 5.56 Å². The lowest BCUT2D eigenvalue weighted by Gasteiger charge is -1.97. The Labute approximate surface area is 96.3 Å². The molecule has 0 aliphatic rings. The molecule has 17 heavy (non-hydrogen) atoms. The van der Waals surface area contributed by atoms with E-state index < -0.39 is 0 Å². The minimum Gasteiger partial charge on any atom is -0.313 e. The number of benzene rings is 1. The van der Waals surface area contributed by atoms with Crippen molar-refractivity contribution < 1.29 is 0 Å². The molecule has 84 valence electrons. The minimum absolute atomic E-state index is 0.166. The van der Waals surface area contributed by atoms with E-state index in [1.54, 1.807) is 24.3 Å². The van der Waals surface area contributed by atoms with Gasteiger partial charge in [0.25, 0.3) is 5.56 Å². The van der Waals surface area contributed by atoms with Gasteiger partial charge in [0, 0.05) is 11.5 Å². The van der Waals surface area contributed by atoms with Crippen LogP contribution in [0.5, 0.6) is 0 Å². The van der Waals surface area contributed by atoms with E-state index in [0.29, 0.717) is 10.9 Å². The van der Waals surface area contributed by atoms with E-state index >= 15 is 0 Å². The fourth-order valence-electron chi connectivity index (χ4n) is 1.46. The second kappa shape index (κ2) is 4.96. The van der Waals surface area contributed by atoms with Crippen LogP contribution in [0.4, 0.5) is 0 Å². The number of hydrogen-bond donors (Lipinski definition) is 1. The highest BCUT2D eigenvalue weighted by Crippen LogP contribution is 2.10. The van der Waals surface area contributed by atoms with Gasteiger partial charge in [-0.3, -0.25) is 4.79 Å². The third-order valence-corrected chi connectivity index (χ3v) is 2.23. The standard InChI is InChI=1S/C11H9N5O/c12-16-15-5-1-2-8-3-4-10-9(6-8)11(17)14-7-13-10/h1-4,6-7H,5H2,(H,13,14,17). The van der Waals surface area contributed by atoms with Gasteiger partial charge in [-0.2, -0.15) is 0 Å². The van der Waals surface area contributed by atoms with Crippen molar-refractivity contribution in [1.82, 2.24) is 9.97 Å². The van der Waals surface area contributed by atoms with Gasteiger partial charge in [-0.25, -0.2) is 4.98 Å². The number of H-pyrrole nitrogens is 1. The van der Waals surface area contributed by atoms with Crippen molar-refractivity contribution in [1.29, 1.82) is 0 Å². The molecule has 1 N–H and O–H groups in total. The highest BCUT2D eigenvalue weighted by atomic mass is 16.1. The van der Waals surface area contributed by atoms with E-state index in [2.05, 4.69) is 20.0 Å². The minimum atomic E-state index is -0.166. The zero-order chi connectivity index (χ0) is 12.1. The van der Waals surface area contributed by atoms with Crippen molar-refractivity contribution in [3.63, 3.8) is 0 Å². The number of hydrogen-bond acceptors (Lipinski definition) is 3. The molecule has 0 saturated heterocycles. The van der Waals surface area contributed by atoms with Crippen molar-refractivity contribution in [2.24, 2.45) is 5.11 Å². The van der Waals surface area contributed by atoms with Crippen LogP contribution in [-0.2, 0) is 0 Å². The smallest absolute Gasteiger partial charge is 0.258 e. The summed E-state index contributed by atoms with van der Waals surface area (Å²) in [6.45, 7) is 0.290. The van der Waals surface area contributed by atoms with Gasteiger partial charge in [-0.15, -0.1) is 0 Å². The third kappa shape index (κ3) is 2.50. The molecule has 0 unspecified atom stereocenters. The summed E-state index contributed by atoms with van der Waals surface area (Å²) in [5.74, 6) is 0. The largest absolute Gasteiger partial charge is 0.313 e. The van der Waals surface area contributed by atoms with Gasteiger partial charge < -0.3 is 4.98 Å². The van der Waals surface area contributed by atoms with E-state index in [-0.39, 0.29) is 12.1 Å². The molecule has 0 aliphatic heterocycles. The van der Waals surface area contributed by atoms with E-state index in [4.69, 9.17) is 5.53 Å². The topological polar surface area (TPSA) is 94.5 Å². The third-order valence-electron chi connectivity index (χ3n) is 2.23. The molecule has 0 aliphatic carbocycles. The summed E-state index contributed by atoms with van der Waals surface area (Å²) in [5.41, 5.74) is 9.46. The molecule has 1 heterocycles. The summed E-state index contributed by atoms with van der Waals surface area (Å²) in [6.07, 6.45) is 4.90. The lowest BCUT2D eigenvalue weighted by Crippen LogP contribution is -2.05. The maximum atomic E-state index is 11.5. The van der Waals surface area contributed by atoms with Crippen molar-refractivity contribution in [3.05, 3.63) is 57.0 Å². The first-order valence-corrected chi connectivity index (χ1v) is 4.96. The molecule has 0 saturated carbocycles. The molecule has 0 atom stereocenters. The maximum Gasteiger partial charge on any atom is 0.258 e. The number of aromatic amines is 1. The molecule has 1 aromatic carbocycles. The van der Waals surface area contributed by atoms with Gasteiger partial charge in [-0.1, -0.05) is 23.3 Å². The van der Waals surface area contributed by atoms with Gasteiger partial charge in [0.15, 0.2) is 0 Å². The molecular weight excluding hydrogens is 218 g/mol. The summed E-state index contributed by atoms with van der Waals surface area (Å²) in [7, 11) is 0. The summed E-state index contributed by atoms with van der Waals surface area (Å²) < 4.78 is 0. The number of azide groups is 1. The Morgan fingerprint density at radius 2 is 2.41 bits per heavy atom. The Morgan fingerprint density at radius 3 is 3.24 bits per heavy atom. The molecule has 0 fully saturated rings. The van der Waals surface area contributed by atoms with Crippen molar-refractivity contribution in [2.75, 3.05) is 6.54 Å². The number of aromatic nitrogens is 2. The number of rotatable bonds is 3. The van der Waals surface area contributed by atoms with Crippen LogP contribution in [0.3, 0.4) is 0 Å². The predicted octanol–water partition coefficient (Wildman–Crippen LogP) is 2.25. The quantitative estimate of drug-likeness (QED) is 0.494. The maximum absolute atomic E-state index is 11.5. The molecule has 0 radical (unpaired) electrons. The van der Waals surface area contributed by atoms with E-state index in [1.807, 2.05) is 6.07 Å². The van der Waals surface area contributed by atoms with Crippen LogP contribution < -0.4 is 5.56 Å². The van der Waals surface area contributed by atoms with E-state index in [0.717, 1.165) is 5.56 Å². The Morgan fingerprint density at radius 1 is 1.53 bits per heavy atom. The van der Waals surface area contributed by atoms with Crippen LogP contribution in [0.2, 0.25) is 0 Å². The average Bonchev–Trinajstić information content (AvgIpc) is 2.36. The number of nitrogens with zero attached hydrogens (tertiary/aromatic N) is 4. The van der Waals surface area contributed by atoms with Crippen LogP contribution in [0.25, 0.3) is 27.4 Å². The molecule has 0 bridgehead atoms. The Balaban J connectivity index is 2.37. The SMILES string of the molecule is [N-]=[N+]=NCC=Cc1ccc2nc[nH]c(=O)c2c1. The first-order chi connectivity index (χ1) is 8.31. The molecule has 2 rings (SSSR count). The van der Waals surface area contributed by atoms with Crippen LogP contribution in [0.15, 0.2) is 40.5 Å². The molecule has 0 amide bonds. The van der Waals surface area contributed by atoms with Gasteiger partial charge in [0.2, 0.25) is 0 Å². The summed E-state index contributed by atoms with van der Waals surface area (Å²) >= 11 is 0. The predicted molar refractivity (Wildman–Crippen MR) is 65.4 cm³/mol. The molecular formula is C11H9N5O. The highest BCUT2D eigenvalue weighted by molar-refractivity contribution is 5.80. The van der Waals surface area contributed by atoms with Crippen LogP contribution in [0, 0.1) is 0 Å². The molecule has 1 aromatic heterocycles. The second-order valence-corrected chi connectivity index (χ2v) is 3.32. The van der Waals surface area contributed by atoms with Crippen molar-refractivity contribution in [3.8, 4) is 0 Å². The lowest BCUT2D eigenvalue weighted by atomic mass is 10.1. The molecule has 2 aromatic rings. The molecule has 6 heteroatoms.